The summed E-state index contributed by atoms with van der Waals surface area (Å²) in [7, 11) is 2.02. The van der Waals surface area contributed by atoms with Gasteiger partial charge in [-0.2, -0.15) is 0 Å². The quantitative estimate of drug-likeness (QED) is 0.441. The van der Waals surface area contributed by atoms with Crippen LogP contribution in [0.4, 0.5) is 5.69 Å². The van der Waals surface area contributed by atoms with Gasteiger partial charge in [-0.15, -0.1) is 0 Å². The fourth-order valence-corrected chi connectivity index (χ4v) is 2.65. The number of hydrogen-bond acceptors (Lipinski definition) is 3. The molecular formula is C15H24N4. The van der Waals surface area contributed by atoms with Gasteiger partial charge in [-0.3, -0.25) is 4.99 Å². The summed E-state index contributed by atoms with van der Waals surface area (Å²) in [6, 6.07) is 6.86. The number of anilines is 1. The summed E-state index contributed by atoms with van der Waals surface area (Å²) in [6.45, 7) is 2.04. The number of nitrogens with two attached hydrogens (primary N) is 2. The molecule has 19 heavy (non-hydrogen) atoms. The molecule has 1 aliphatic rings. The molecule has 0 amide bonds. The minimum atomic E-state index is 0.338. The third-order valence-corrected chi connectivity index (χ3v) is 3.91. The number of aryl methyl sites for hydroxylation is 1. The second kappa shape index (κ2) is 6.06. The lowest BCUT2D eigenvalue weighted by atomic mass is 9.91. The first-order valence-corrected chi connectivity index (χ1v) is 6.97. The Morgan fingerprint density at radius 3 is 2.58 bits per heavy atom. The lowest BCUT2D eigenvalue weighted by molar-refractivity contribution is 0.360. The lowest BCUT2D eigenvalue weighted by Crippen LogP contribution is -2.32. The van der Waals surface area contributed by atoms with Crippen LogP contribution in [0.25, 0.3) is 0 Å². The third kappa shape index (κ3) is 3.47. The van der Waals surface area contributed by atoms with Gasteiger partial charge in [0, 0.05) is 17.3 Å². The number of nitrogen functional groups attached to an aromatic ring is 1. The summed E-state index contributed by atoms with van der Waals surface area (Å²) in [4.78, 5) is 4.66. The van der Waals surface area contributed by atoms with Crippen molar-refractivity contribution in [2.75, 3.05) is 12.8 Å². The van der Waals surface area contributed by atoms with Crippen molar-refractivity contribution in [1.82, 2.24) is 5.32 Å². The minimum absolute atomic E-state index is 0.338. The molecule has 4 heteroatoms. The maximum absolute atomic E-state index is 6.12. The Labute approximate surface area is 115 Å². The number of hydrogen-bond donors (Lipinski definition) is 3. The van der Waals surface area contributed by atoms with Gasteiger partial charge in [0.25, 0.3) is 0 Å². The van der Waals surface area contributed by atoms with E-state index in [1.807, 2.05) is 32.2 Å². The van der Waals surface area contributed by atoms with Gasteiger partial charge in [0.15, 0.2) is 0 Å². The predicted octanol–water partition coefficient (Wildman–Crippen LogP) is 1.81. The Balaban J connectivity index is 2.09. The molecule has 0 aromatic heterocycles. The topological polar surface area (TPSA) is 76.4 Å². The minimum Gasteiger partial charge on any atom is -0.398 e. The summed E-state index contributed by atoms with van der Waals surface area (Å²) in [6.07, 6.45) is 4.53. The van der Waals surface area contributed by atoms with Gasteiger partial charge in [0.1, 0.15) is 5.84 Å². The highest BCUT2D eigenvalue weighted by Crippen LogP contribution is 2.22. The number of nitrogens with zero attached hydrogens (tertiary/aromatic N) is 1. The number of aliphatic imine (C=N–C) groups is 1. The third-order valence-electron chi connectivity index (χ3n) is 3.91. The molecule has 104 valence electrons. The van der Waals surface area contributed by atoms with Crippen molar-refractivity contribution in [2.45, 2.75) is 44.7 Å². The second-order valence-corrected chi connectivity index (χ2v) is 5.40. The van der Waals surface area contributed by atoms with E-state index in [1.54, 1.807) is 0 Å². The first-order chi connectivity index (χ1) is 9.10. The zero-order valence-electron chi connectivity index (χ0n) is 11.8. The monoisotopic (exact) mass is 260 g/mol. The summed E-state index contributed by atoms with van der Waals surface area (Å²) < 4.78 is 0. The van der Waals surface area contributed by atoms with E-state index in [0.717, 1.165) is 24.0 Å². The first kappa shape index (κ1) is 13.9. The summed E-state index contributed by atoms with van der Waals surface area (Å²) in [5.74, 6) is 0.578. The van der Waals surface area contributed by atoms with Crippen molar-refractivity contribution < 1.29 is 0 Å². The summed E-state index contributed by atoms with van der Waals surface area (Å²) in [5.41, 5.74) is 14.8. The Morgan fingerprint density at radius 2 is 1.95 bits per heavy atom. The van der Waals surface area contributed by atoms with Crippen LogP contribution in [0, 0.1) is 6.92 Å². The number of amidine groups is 1. The Kier molecular flexibility index (Phi) is 4.43. The average Bonchev–Trinajstić information content (AvgIpc) is 2.42. The van der Waals surface area contributed by atoms with Crippen LogP contribution in [-0.2, 0) is 0 Å². The molecule has 0 spiro atoms. The van der Waals surface area contributed by atoms with E-state index in [2.05, 4.69) is 10.3 Å². The molecule has 0 heterocycles. The number of benzene rings is 1. The molecule has 1 saturated carbocycles. The smallest absolute Gasteiger partial charge is 0.128 e. The van der Waals surface area contributed by atoms with Crippen LogP contribution >= 0.6 is 0 Å². The van der Waals surface area contributed by atoms with E-state index in [1.165, 1.54) is 12.8 Å². The molecule has 5 N–H and O–H groups in total. The van der Waals surface area contributed by atoms with Crippen LogP contribution in [0.15, 0.2) is 23.2 Å². The maximum Gasteiger partial charge on any atom is 0.128 e. The Morgan fingerprint density at radius 1 is 1.26 bits per heavy atom. The molecule has 4 nitrogen and oxygen atoms in total. The Bertz CT molecular complexity index is 459. The van der Waals surface area contributed by atoms with Gasteiger partial charge in [0.05, 0.1) is 6.04 Å². The van der Waals surface area contributed by atoms with Crippen LogP contribution < -0.4 is 16.8 Å². The van der Waals surface area contributed by atoms with Crippen LogP contribution in [0.1, 0.15) is 36.8 Å². The molecular weight excluding hydrogens is 236 g/mol. The summed E-state index contributed by atoms with van der Waals surface area (Å²) >= 11 is 0. The molecule has 1 aromatic carbocycles. The van der Waals surface area contributed by atoms with Crippen molar-refractivity contribution in [3.05, 3.63) is 29.3 Å². The van der Waals surface area contributed by atoms with E-state index >= 15 is 0 Å². The van der Waals surface area contributed by atoms with Gasteiger partial charge in [-0.05, 0) is 51.8 Å². The highest BCUT2D eigenvalue weighted by atomic mass is 14.9. The van der Waals surface area contributed by atoms with Gasteiger partial charge in [-0.25, -0.2) is 0 Å². The first-order valence-electron chi connectivity index (χ1n) is 6.97. The van der Waals surface area contributed by atoms with Gasteiger partial charge in [0.2, 0.25) is 0 Å². The zero-order valence-corrected chi connectivity index (χ0v) is 11.8. The SMILES string of the molecule is CNC1CCC(N=C(N)c2cc(C)ccc2N)CC1. The normalized spacial score (nSPS) is 24.4. The maximum atomic E-state index is 6.12. The van der Waals surface area contributed by atoms with Gasteiger partial charge >= 0.3 is 0 Å². The molecule has 0 atom stereocenters. The molecule has 0 bridgehead atoms. The van der Waals surface area contributed by atoms with Gasteiger partial charge < -0.3 is 16.8 Å². The van der Waals surface area contributed by atoms with Crippen molar-refractivity contribution in [3.8, 4) is 0 Å². The van der Waals surface area contributed by atoms with E-state index < -0.39 is 0 Å². The van der Waals surface area contributed by atoms with E-state index in [4.69, 9.17) is 11.5 Å². The van der Waals surface area contributed by atoms with Crippen molar-refractivity contribution in [1.29, 1.82) is 0 Å². The van der Waals surface area contributed by atoms with Crippen LogP contribution in [0.3, 0.4) is 0 Å². The van der Waals surface area contributed by atoms with Gasteiger partial charge in [-0.1, -0.05) is 11.6 Å². The second-order valence-electron chi connectivity index (χ2n) is 5.40. The standard InChI is InChI=1S/C15H24N4/c1-10-3-8-14(16)13(9-10)15(17)19-12-6-4-11(18-2)5-7-12/h3,8-9,11-12,18H,4-7,16H2,1-2H3,(H2,17,19). The molecule has 1 aromatic rings. The number of nitrogens with one attached hydrogen (secondary N) is 1. The Hall–Kier alpha value is -1.55. The highest BCUT2D eigenvalue weighted by molar-refractivity contribution is 6.02. The fourth-order valence-electron chi connectivity index (χ4n) is 2.65. The zero-order chi connectivity index (χ0) is 13.8. The van der Waals surface area contributed by atoms with Crippen molar-refractivity contribution in [2.24, 2.45) is 10.7 Å². The average molecular weight is 260 g/mol. The van der Waals surface area contributed by atoms with E-state index in [9.17, 15) is 0 Å². The molecule has 1 fully saturated rings. The lowest BCUT2D eigenvalue weighted by Gasteiger charge is -2.26. The van der Waals surface area contributed by atoms with Crippen molar-refractivity contribution in [3.63, 3.8) is 0 Å². The summed E-state index contributed by atoms with van der Waals surface area (Å²) in [5, 5.41) is 3.33. The molecule has 0 unspecified atom stereocenters. The van der Waals surface area contributed by atoms with Crippen LogP contribution in [0.2, 0.25) is 0 Å². The van der Waals surface area contributed by atoms with E-state index in [0.29, 0.717) is 23.6 Å². The van der Waals surface area contributed by atoms with Crippen LogP contribution in [0.5, 0.6) is 0 Å². The largest absolute Gasteiger partial charge is 0.398 e. The highest BCUT2D eigenvalue weighted by Gasteiger charge is 2.19. The number of rotatable bonds is 3. The molecule has 2 rings (SSSR count). The molecule has 0 radical (unpaired) electrons. The van der Waals surface area contributed by atoms with Crippen LogP contribution in [-0.4, -0.2) is 25.0 Å². The van der Waals surface area contributed by atoms with E-state index in [-0.39, 0.29) is 0 Å². The molecule has 0 saturated heterocycles. The predicted molar refractivity (Wildman–Crippen MR) is 81.4 cm³/mol. The fraction of sp³-hybridized carbons (Fsp3) is 0.533. The van der Waals surface area contributed by atoms with Crippen molar-refractivity contribution >= 4 is 11.5 Å². The molecule has 1 aliphatic carbocycles. The molecule has 0 aliphatic heterocycles.